The average Bonchev–Trinajstić information content (AvgIpc) is 2.11. The van der Waals surface area contributed by atoms with Crippen molar-refractivity contribution in [2.45, 2.75) is 13.8 Å². The van der Waals surface area contributed by atoms with Crippen LogP contribution in [-0.2, 0) is 9.59 Å². The van der Waals surface area contributed by atoms with E-state index in [1.165, 1.54) is 0 Å². The molecule has 2 rings (SSSR count). The number of nitrogens with zero attached hydrogens (tertiary/aromatic N) is 1. The highest BCUT2D eigenvalue weighted by Crippen LogP contribution is 2.38. The number of hydrogen-bond donors (Lipinski definition) is 1. The molecule has 2 aliphatic heterocycles. The van der Waals surface area contributed by atoms with Crippen molar-refractivity contribution in [2.24, 2.45) is 10.8 Å². The minimum Gasteiger partial charge on any atom is -0.343 e. The summed E-state index contributed by atoms with van der Waals surface area (Å²) >= 11 is 0. The van der Waals surface area contributed by atoms with Crippen LogP contribution in [0, 0.1) is 10.8 Å². The van der Waals surface area contributed by atoms with Gasteiger partial charge in [-0.15, -0.1) is 0 Å². The lowest BCUT2D eigenvalue weighted by Crippen LogP contribution is -2.67. The first-order chi connectivity index (χ1) is 6.50. The maximum atomic E-state index is 12.1. The molecule has 2 heterocycles. The van der Waals surface area contributed by atoms with Crippen LogP contribution < -0.4 is 5.32 Å². The fraction of sp³-hybridized carbons (Fsp3) is 0.800. The monoisotopic (exact) mass is 196 g/mol. The van der Waals surface area contributed by atoms with Gasteiger partial charge in [0.2, 0.25) is 6.41 Å². The predicted molar refractivity (Wildman–Crippen MR) is 51.7 cm³/mol. The van der Waals surface area contributed by atoms with Crippen LogP contribution in [0.2, 0.25) is 0 Å². The first kappa shape index (κ1) is 9.65. The number of carbonyl (C=O) groups is 2. The van der Waals surface area contributed by atoms with E-state index in [0.717, 1.165) is 6.41 Å². The second-order valence-corrected chi connectivity index (χ2v) is 5.06. The van der Waals surface area contributed by atoms with E-state index in [2.05, 4.69) is 5.32 Å². The minimum absolute atomic E-state index is 0.307. The Morgan fingerprint density at radius 2 is 1.79 bits per heavy atom. The molecule has 0 aliphatic carbocycles. The van der Waals surface area contributed by atoms with Gasteiger partial charge in [0.25, 0.3) is 0 Å². The van der Waals surface area contributed by atoms with Crippen LogP contribution in [0.5, 0.6) is 0 Å². The lowest BCUT2D eigenvalue weighted by atomic mass is 9.65. The van der Waals surface area contributed by atoms with Crippen LogP contribution in [0.3, 0.4) is 0 Å². The number of hydrogen-bond acceptors (Lipinski definition) is 3. The highest BCUT2D eigenvalue weighted by molar-refractivity contribution is 5.92. The summed E-state index contributed by atoms with van der Waals surface area (Å²) in [5.74, 6) is 0.307. The molecule has 0 aromatic heterocycles. The molecule has 2 atom stereocenters. The summed E-state index contributed by atoms with van der Waals surface area (Å²) in [5.41, 5.74) is -0.766. The normalized spacial score (nSPS) is 42.4. The predicted octanol–water partition coefficient (Wildman–Crippen LogP) is -0.357. The van der Waals surface area contributed by atoms with Gasteiger partial charge in [-0.1, -0.05) is 0 Å². The van der Waals surface area contributed by atoms with Crippen LogP contribution in [-0.4, -0.2) is 43.3 Å². The van der Waals surface area contributed by atoms with Crippen molar-refractivity contribution >= 4 is 12.2 Å². The molecule has 0 aromatic carbocycles. The number of piperidine rings is 2. The maximum absolute atomic E-state index is 12.1. The van der Waals surface area contributed by atoms with Gasteiger partial charge < -0.3 is 10.2 Å². The zero-order valence-corrected chi connectivity index (χ0v) is 8.67. The standard InChI is InChI=1S/C10H16N2O2/c1-9-3-11-4-10(2,8(9)14)6-12(5-9)7-13/h7,11H,3-6H2,1-2H3. The fourth-order valence-corrected chi connectivity index (χ4v) is 2.79. The molecule has 2 unspecified atom stereocenters. The summed E-state index contributed by atoms with van der Waals surface area (Å²) in [4.78, 5) is 24.6. The van der Waals surface area contributed by atoms with Gasteiger partial charge in [0, 0.05) is 26.2 Å². The molecule has 2 fully saturated rings. The number of fused-ring (bicyclic) bond motifs is 2. The molecule has 4 nitrogen and oxygen atoms in total. The zero-order chi connectivity index (χ0) is 10.4. The maximum Gasteiger partial charge on any atom is 0.209 e. The Morgan fingerprint density at radius 3 is 2.21 bits per heavy atom. The Morgan fingerprint density at radius 1 is 1.29 bits per heavy atom. The number of rotatable bonds is 1. The smallest absolute Gasteiger partial charge is 0.209 e. The SMILES string of the molecule is CC12CNCC(C)(CN(C=O)C1)C2=O. The third kappa shape index (κ3) is 1.17. The largest absolute Gasteiger partial charge is 0.343 e. The van der Waals surface area contributed by atoms with Gasteiger partial charge in [0.1, 0.15) is 0 Å². The van der Waals surface area contributed by atoms with E-state index in [-0.39, 0.29) is 10.8 Å². The summed E-state index contributed by atoms with van der Waals surface area (Å²) in [6.45, 7) is 6.36. The molecule has 78 valence electrons. The lowest BCUT2D eigenvalue weighted by Gasteiger charge is -2.51. The van der Waals surface area contributed by atoms with Crippen molar-refractivity contribution < 1.29 is 9.59 Å². The van der Waals surface area contributed by atoms with Crippen molar-refractivity contribution in [2.75, 3.05) is 26.2 Å². The van der Waals surface area contributed by atoms with Crippen molar-refractivity contribution in [3.05, 3.63) is 0 Å². The van der Waals surface area contributed by atoms with Crippen molar-refractivity contribution in [3.8, 4) is 0 Å². The molecular weight excluding hydrogens is 180 g/mol. The van der Waals surface area contributed by atoms with Crippen LogP contribution in [0.1, 0.15) is 13.8 Å². The molecular formula is C10H16N2O2. The second-order valence-electron chi connectivity index (χ2n) is 5.06. The van der Waals surface area contributed by atoms with E-state index >= 15 is 0 Å². The molecule has 2 bridgehead atoms. The first-order valence-electron chi connectivity index (χ1n) is 4.95. The first-order valence-corrected chi connectivity index (χ1v) is 4.95. The number of Topliss-reactive ketones (excluding diaryl/α,β-unsaturated/α-hetero) is 1. The third-order valence-corrected chi connectivity index (χ3v) is 3.38. The van der Waals surface area contributed by atoms with Gasteiger partial charge in [-0.2, -0.15) is 0 Å². The molecule has 2 aliphatic rings. The van der Waals surface area contributed by atoms with Crippen molar-refractivity contribution in [3.63, 3.8) is 0 Å². The molecule has 0 aromatic rings. The van der Waals surface area contributed by atoms with Gasteiger partial charge in [-0.3, -0.25) is 9.59 Å². The van der Waals surface area contributed by atoms with Crippen molar-refractivity contribution in [1.82, 2.24) is 10.2 Å². The molecule has 0 radical (unpaired) electrons. The highest BCUT2D eigenvalue weighted by atomic mass is 16.1. The number of ketones is 1. The van der Waals surface area contributed by atoms with Gasteiger partial charge >= 0.3 is 0 Å². The van der Waals surface area contributed by atoms with E-state index in [1.807, 2.05) is 13.8 Å². The van der Waals surface area contributed by atoms with Crippen LogP contribution in [0.25, 0.3) is 0 Å². The number of carbonyl (C=O) groups excluding carboxylic acids is 2. The summed E-state index contributed by atoms with van der Waals surface area (Å²) in [6.07, 6.45) is 0.855. The van der Waals surface area contributed by atoms with Gasteiger partial charge in [-0.05, 0) is 13.8 Å². The quantitative estimate of drug-likeness (QED) is 0.583. The Balaban J connectivity index is 2.34. The molecule has 4 heteroatoms. The summed E-state index contributed by atoms with van der Waals surface area (Å²) in [5, 5.41) is 3.28. The highest BCUT2D eigenvalue weighted by Gasteiger charge is 2.53. The van der Waals surface area contributed by atoms with Gasteiger partial charge in [-0.25, -0.2) is 0 Å². The second kappa shape index (κ2) is 2.79. The number of likely N-dealkylation sites (tertiary alicyclic amines) is 1. The van der Waals surface area contributed by atoms with Crippen molar-refractivity contribution in [1.29, 1.82) is 0 Å². The van der Waals surface area contributed by atoms with E-state index in [0.29, 0.717) is 32.0 Å². The Labute approximate surface area is 83.6 Å². The number of amides is 1. The molecule has 14 heavy (non-hydrogen) atoms. The van der Waals surface area contributed by atoms with E-state index in [1.54, 1.807) is 4.90 Å². The molecule has 1 amide bonds. The van der Waals surface area contributed by atoms with E-state index in [4.69, 9.17) is 0 Å². The lowest BCUT2D eigenvalue weighted by molar-refractivity contribution is -0.151. The molecule has 1 N–H and O–H groups in total. The fourth-order valence-electron chi connectivity index (χ4n) is 2.79. The zero-order valence-electron chi connectivity index (χ0n) is 8.67. The van der Waals surface area contributed by atoms with Crippen LogP contribution >= 0.6 is 0 Å². The molecule has 0 spiro atoms. The summed E-state index contributed by atoms with van der Waals surface area (Å²) in [6, 6.07) is 0. The Hall–Kier alpha value is -0.900. The number of nitrogens with one attached hydrogen (secondary N) is 1. The Bertz CT molecular complexity index is 270. The van der Waals surface area contributed by atoms with Gasteiger partial charge in [0.05, 0.1) is 10.8 Å². The average molecular weight is 196 g/mol. The summed E-state index contributed by atoms with van der Waals surface area (Å²) < 4.78 is 0. The minimum atomic E-state index is -0.383. The molecule has 0 saturated carbocycles. The van der Waals surface area contributed by atoms with E-state index in [9.17, 15) is 9.59 Å². The Kier molecular flexibility index (Phi) is 1.93. The third-order valence-electron chi connectivity index (χ3n) is 3.38. The van der Waals surface area contributed by atoms with Gasteiger partial charge in [0.15, 0.2) is 5.78 Å². The summed E-state index contributed by atoms with van der Waals surface area (Å²) in [7, 11) is 0. The molecule has 2 saturated heterocycles. The van der Waals surface area contributed by atoms with Crippen LogP contribution in [0.15, 0.2) is 0 Å². The van der Waals surface area contributed by atoms with Crippen LogP contribution in [0.4, 0.5) is 0 Å². The topological polar surface area (TPSA) is 49.4 Å². The van der Waals surface area contributed by atoms with E-state index < -0.39 is 0 Å².